The highest BCUT2D eigenvalue weighted by Crippen LogP contribution is 2.36. The molecule has 1 amide bonds. The van der Waals surface area contributed by atoms with Crippen LogP contribution in [-0.4, -0.2) is 31.8 Å². The number of carbonyl (C=O) groups excluding carboxylic acids is 2. The Morgan fingerprint density at radius 3 is 2.31 bits per heavy atom. The molecule has 0 aliphatic carbocycles. The van der Waals surface area contributed by atoms with Gasteiger partial charge in [-0.3, -0.25) is 19.6 Å². The van der Waals surface area contributed by atoms with Gasteiger partial charge in [-0.05, 0) is 69.0 Å². The summed E-state index contributed by atoms with van der Waals surface area (Å²) in [5, 5.41) is 13.8. The van der Waals surface area contributed by atoms with Crippen molar-refractivity contribution in [3.8, 4) is 0 Å². The van der Waals surface area contributed by atoms with E-state index in [9.17, 15) is 28.1 Å². The number of hydrogen-bond donors (Lipinski definition) is 2. The van der Waals surface area contributed by atoms with E-state index in [1.165, 1.54) is 26.0 Å². The van der Waals surface area contributed by atoms with Crippen molar-refractivity contribution in [2.75, 3.05) is 16.6 Å². The summed E-state index contributed by atoms with van der Waals surface area (Å²) >= 11 is 0.757. The average molecular weight is 532 g/mol. The molecule has 10 nitrogen and oxygen atoms in total. The zero-order valence-corrected chi connectivity index (χ0v) is 21.9. The Bertz CT molecular complexity index is 1480. The molecule has 12 heteroatoms. The highest BCUT2D eigenvalue weighted by atomic mass is 32.2. The molecule has 190 valence electrons. The van der Waals surface area contributed by atoms with Crippen molar-refractivity contribution in [1.29, 1.82) is 0 Å². The van der Waals surface area contributed by atoms with Crippen LogP contribution in [-0.2, 0) is 14.8 Å². The summed E-state index contributed by atoms with van der Waals surface area (Å²) in [5.41, 5.74) is 2.54. The van der Waals surface area contributed by atoms with E-state index in [1.54, 1.807) is 19.1 Å². The van der Waals surface area contributed by atoms with E-state index in [0.29, 0.717) is 5.69 Å². The lowest BCUT2D eigenvalue weighted by atomic mass is 10.1. The number of carbonyl (C=O) groups is 2. The minimum absolute atomic E-state index is 0.0482. The van der Waals surface area contributed by atoms with Gasteiger partial charge in [-0.25, -0.2) is 13.2 Å². The molecule has 2 aromatic carbocycles. The van der Waals surface area contributed by atoms with Crippen LogP contribution in [0, 0.1) is 37.8 Å². The number of nitrogens with zero attached hydrogens (tertiary/aromatic N) is 1. The number of esters is 1. The molecule has 0 unspecified atom stereocenters. The fourth-order valence-corrected chi connectivity index (χ4v) is 6.10. The van der Waals surface area contributed by atoms with Gasteiger partial charge in [0.05, 0.1) is 22.0 Å². The third kappa shape index (κ3) is 5.55. The van der Waals surface area contributed by atoms with E-state index in [0.717, 1.165) is 28.5 Å². The van der Waals surface area contributed by atoms with E-state index in [1.807, 2.05) is 19.9 Å². The van der Waals surface area contributed by atoms with Gasteiger partial charge in [0.25, 0.3) is 21.6 Å². The number of amides is 1. The zero-order chi connectivity index (χ0) is 26.8. The monoisotopic (exact) mass is 531 g/mol. The number of aryl methyl sites for hydroxylation is 3. The van der Waals surface area contributed by atoms with Crippen LogP contribution in [0.25, 0.3) is 0 Å². The van der Waals surface area contributed by atoms with Gasteiger partial charge in [-0.15, -0.1) is 11.3 Å². The minimum atomic E-state index is -4.36. The third-order valence-electron chi connectivity index (χ3n) is 5.50. The number of nitrogens with one attached hydrogen (secondary N) is 2. The van der Waals surface area contributed by atoms with Crippen LogP contribution in [0.2, 0.25) is 0 Å². The van der Waals surface area contributed by atoms with E-state index >= 15 is 0 Å². The number of nitro groups is 1. The largest absolute Gasteiger partial charge is 0.462 e. The molecule has 2 N–H and O–H groups in total. The molecular weight excluding hydrogens is 506 g/mol. The Kier molecular flexibility index (Phi) is 7.80. The fraction of sp³-hybridized carbons (Fsp3) is 0.250. The van der Waals surface area contributed by atoms with Crippen molar-refractivity contribution in [1.82, 2.24) is 0 Å². The number of nitro benzene ring substituents is 1. The molecule has 36 heavy (non-hydrogen) atoms. The predicted octanol–water partition coefficient (Wildman–Crippen LogP) is 5.12. The van der Waals surface area contributed by atoms with E-state index < -0.39 is 32.5 Å². The average Bonchev–Trinajstić information content (AvgIpc) is 3.11. The maximum Gasteiger partial charge on any atom is 0.348 e. The first-order valence-electron chi connectivity index (χ1n) is 10.8. The zero-order valence-electron chi connectivity index (χ0n) is 20.3. The first kappa shape index (κ1) is 26.8. The third-order valence-corrected chi connectivity index (χ3v) is 8.31. The van der Waals surface area contributed by atoms with Crippen molar-refractivity contribution in [3.05, 3.63) is 79.2 Å². The molecule has 0 radical (unpaired) electrons. The highest BCUT2D eigenvalue weighted by molar-refractivity contribution is 7.93. The molecule has 0 saturated carbocycles. The van der Waals surface area contributed by atoms with Gasteiger partial charge in [-0.2, -0.15) is 0 Å². The summed E-state index contributed by atoms with van der Waals surface area (Å²) in [6.45, 7) is 8.56. The molecule has 1 aromatic heterocycles. The van der Waals surface area contributed by atoms with Crippen LogP contribution < -0.4 is 10.0 Å². The van der Waals surface area contributed by atoms with E-state index in [2.05, 4.69) is 10.0 Å². The summed E-state index contributed by atoms with van der Waals surface area (Å²) in [7, 11) is -4.36. The van der Waals surface area contributed by atoms with Crippen LogP contribution >= 0.6 is 11.3 Å². The molecule has 0 fully saturated rings. The predicted molar refractivity (Wildman–Crippen MR) is 138 cm³/mol. The van der Waals surface area contributed by atoms with Crippen molar-refractivity contribution in [3.63, 3.8) is 0 Å². The molecule has 0 atom stereocenters. The Morgan fingerprint density at radius 1 is 1.03 bits per heavy atom. The molecule has 3 rings (SSSR count). The lowest BCUT2D eigenvalue weighted by molar-refractivity contribution is -0.385. The fourth-order valence-electron chi connectivity index (χ4n) is 3.43. The first-order chi connectivity index (χ1) is 16.9. The topological polar surface area (TPSA) is 145 Å². The summed E-state index contributed by atoms with van der Waals surface area (Å²) < 4.78 is 33.9. The standard InChI is InChI=1S/C24H25N3O7S2/c1-6-34-24(29)21-16(5)20(22(28)25-17-9-7-13(2)15(4)11-17)23(35-21)26-36(32,33)19-12-18(27(30)31)10-8-14(19)3/h7-12,26H,6H2,1-5H3,(H,25,28). The Labute approximate surface area is 212 Å². The minimum Gasteiger partial charge on any atom is -0.462 e. The van der Waals surface area contributed by atoms with Crippen molar-refractivity contribution in [2.45, 2.75) is 39.5 Å². The molecule has 0 saturated heterocycles. The molecule has 0 aliphatic heterocycles. The number of sulfonamides is 1. The molecule has 3 aromatic rings. The van der Waals surface area contributed by atoms with Crippen LogP contribution in [0.3, 0.4) is 0 Å². The number of hydrogen-bond acceptors (Lipinski definition) is 8. The van der Waals surface area contributed by atoms with Gasteiger partial charge in [-0.1, -0.05) is 12.1 Å². The lowest BCUT2D eigenvalue weighted by Gasteiger charge is -2.12. The van der Waals surface area contributed by atoms with Crippen molar-refractivity contribution >= 4 is 49.6 Å². The van der Waals surface area contributed by atoms with E-state index in [4.69, 9.17) is 4.74 Å². The Morgan fingerprint density at radius 2 is 1.69 bits per heavy atom. The second kappa shape index (κ2) is 10.5. The molecular formula is C24H25N3O7S2. The molecule has 0 aliphatic rings. The van der Waals surface area contributed by atoms with Crippen molar-refractivity contribution < 1.29 is 27.7 Å². The SMILES string of the molecule is CCOC(=O)c1sc(NS(=O)(=O)c2cc([N+](=O)[O-])ccc2C)c(C(=O)Nc2ccc(C)c(C)c2)c1C. The van der Waals surface area contributed by atoms with Gasteiger partial charge < -0.3 is 10.1 Å². The Balaban J connectivity index is 2.09. The second-order valence-electron chi connectivity index (χ2n) is 8.05. The summed E-state index contributed by atoms with van der Waals surface area (Å²) in [5.74, 6) is -1.33. The number of non-ortho nitro benzene ring substituents is 1. The molecule has 1 heterocycles. The smallest absolute Gasteiger partial charge is 0.348 e. The number of rotatable bonds is 8. The maximum atomic E-state index is 13.3. The van der Waals surface area contributed by atoms with Crippen molar-refractivity contribution in [2.24, 2.45) is 0 Å². The normalized spacial score (nSPS) is 11.1. The number of ether oxygens (including phenoxy) is 1. The summed E-state index contributed by atoms with van der Waals surface area (Å²) in [4.78, 5) is 36.0. The first-order valence-corrected chi connectivity index (χ1v) is 13.1. The molecule has 0 bridgehead atoms. The van der Waals surface area contributed by atoms with Gasteiger partial charge in [0, 0.05) is 17.8 Å². The Hall–Kier alpha value is -3.77. The maximum absolute atomic E-state index is 13.3. The molecule has 0 spiro atoms. The summed E-state index contributed by atoms with van der Waals surface area (Å²) in [6.07, 6.45) is 0. The van der Waals surface area contributed by atoms with Gasteiger partial charge in [0.1, 0.15) is 9.88 Å². The van der Waals surface area contributed by atoms with E-state index in [-0.39, 0.29) is 38.1 Å². The number of anilines is 2. The van der Waals surface area contributed by atoms with Crippen LogP contribution in [0.1, 0.15) is 49.2 Å². The van der Waals surface area contributed by atoms with Crippen LogP contribution in [0.15, 0.2) is 41.3 Å². The van der Waals surface area contributed by atoms with Gasteiger partial charge in [0.2, 0.25) is 0 Å². The van der Waals surface area contributed by atoms with Gasteiger partial charge in [0.15, 0.2) is 0 Å². The quantitative estimate of drug-likeness (QED) is 0.233. The van der Waals surface area contributed by atoms with Gasteiger partial charge >= 0.3 is 5.97 Å². The lowest BCUT2D eigenvalue weighted by Crippen LogP contribution is -2.19. The highest BCUT2D eigenvalue weighted by Gasteiger charge is 2.29. The summed E-state index contributed by atoms with van der Waals surface area (Å²) in [6, 6.07) is 8.79. The van der Waals surface area contributed by atoms with Crippen LogP contribution in [0.5, 0.6) is 0 Å². The van der Waals surface area contributed by atoms with Crippen LogP contribution in [0.4, 0.5) is 16.4 Å². The number of benzene rings is 2. The number of thiophene rings is 1. The second-order valence-corrected chi connectivity index (χ2v) is 10.7.